The molecule has 1 fully saturated rings. The molecule has 2 atom stereocenters. The van der Waals surface area contributed by atoms with E-state index in [9.17, 15) is 4.79 Å². The molecule has 0 aliphatic carbocycles. The molecule has 1 amide bonds. The standard InChI is InChI=1S/C14H28N2O/c1-5-9-14(10-8-11-15-14)13(17)16(7-3)12(4)6-2/h12,15H,5-11H2,1-4H3. The molecule has 3 heteroatoms. The van der Waals surface area contributed by atoms with E-state index in [-0.39, 0.29) is 5.54 Å². The molecule has 3 nitrogen and oxygen atoms in total. The van der Waals surface area contributed by atoms with Crippen LogP contribution in [0.25, 0.3) is 0 Å². The van der Waals surface area contributed by atoms with Crippen molar-refractivity contribution in [2.45, 2.75) is 71.4 Å². The Labute approximate surface area is 106 Å². The SMILES string of the molecule is CCCC1(C(=O)N(CC)C(C)CC)CCCN1. The summed E-state index contributed by atoms with van der Waals surface area (Å²) in [4.78, 5) is 14.8. The first-order chi connectivity index (χ1) is 8.11. The summed E-state index contributed by atoms with van der Waals surface area (Å²) in [6.45, 7) is 10.4. The monoisotopic (exact) mass is 240 g/mol. The molecule has 100 valence electrons. The van der Waals surface area contributed by atoms with Crippen LogP contribution in [0.5, 0.6) is 0 Å². The largest absolute Gasteiger partial charge is 0.339 e. The lowest BCUT2D eigenvalue weighted by molar-refractivity contribution is -0.140. The van der Waals surface area contributed by atoms with Crippen LogP contribution in [0, 0.1) is 0 Å². The Balaban J connectivity index is 2.82. The van der Waals surface area contributed by atoms with E-state index in [1.54, 1.807) is 0 Å². The zero-order chi connectivity index (χ0) is 12.9. The van der Waals surface area contributed by atoms with Crippen LogP contribution < -0.4 is 5.32 Å². The number of carbonyl (C=O) groups excluding carboxylic acids is 1. The third-order valence-electron chi connectivity index (χ3n) is 4.05. The van der Waals surface area contributed by atoms with Crippen molar-refractivity contribution >= 4 is 5.91 Å². The van der Waals surface area contributed by atoms with Gasteiger partial charge in [0.25, 0.3) is 0 Å². The Morgan fingerprint density at radius 2 is 2.12 bits per heavy atom. The van der Waals surface area contributed by atoms with Gasteiger partial charge in [0.15, 0.2) is 0 Å². The van der Waals surface area contributed by atoms with E-state index in [2.05, 4.69) is 33.0 Å². The van der Waals surface area contributed by atoms with Gasteiger partial charge in [-0.05, 0) is 46.1 Å². The first kappa shape index (κ1) is 14.5. The predicted molar refractivity (Wildman–Crippen MR) is 72.0 cm³/mol. The highest BCUT2D eigenvalue weighted by Gasteiger charge is 2.42. The van der Waals surface area contributed by atoms with Crippen molar-refractivity contribution in [2.24, 2.45) is 0 Å². The lowest BCUT2D eigenvalue weighted by Gasteiger charge is -2.37. The van der Waals surface area contributed by atoms with Crippen LogP contribution in [0.1, 0.15) is 59.8 Å². The van der Waals surface area contributed by atoms with Crippen molar-refractivity contribution in [3.63, 3.8) is 0 Å². The van der Waals surface area contributed by atoms with Gasteiger partial charge < -0.3 is 10.2 Å². The second kappa shape index (κ2) is 6.39. The molecular weight excluding hydrogens is 212 g/mol. The van der Waals surface area contributed by atoms with E-state index in [0.29, 0.717) is 11.9 Å². The van der Waals surface area contributed by atoms with Crippen LogP contribution in [0.4, 0.5) is 0 Å². The molecule has 0 bridgehead atoms. The molecule has 2 unspecified atom stereocenters. The maximum atomic E-state index is 12.8. The van der Waals surface area contributed by atoms with Gasteiger partial charge in [0, 0.05) is 12.6 Å². The number of hydrogen-bond donors (Lipinski definition) is 1. The number of hydrogen-bond acceptors (Lipinski definition) is 2. The van der Waals surface area contributed by atoms with Gasteiger partial charge in [-0.2, -0.15) is 0 Å². The topological polar surface area (TPSA) is 32.3 Å². The van der Waals surface area contributed by atoms with Gasteiger partial charge in [-0.15, -0.1) is 0 Å². The second-order valence-electron chi connectivity index (χ2n) is 5.21. The van der Waals surface area contributed by atoms with Crippen LogP contribution in [-0.2, 0) is 4.79 Å². The number of nitrogens with one attached hydrogen (secondary N) is 1. The molecular formula is C14H28N2O. The van der Waals surface area contributed by atoms with Gasteiger partial charge >= 0.3 is 0 Å². The molecule has 0 radical (unpaired) electrons. The Morgan fingerprint density at radius 3 is 2.53 bits per heavy atom. The summed E-state index contributed by atoms with van der Waals surface area (Å²) >= 11 is 0. The van der Waals surface area contributed by atoms with E-state index >= 15 is 0 Å². The van der Waals surface area contributed by atoms with Crippen LogP contribution >= 0.6 is 0 Å². The van der Waals surface area contributed by atoms with Crippen molar-refractivity contribution in [3.05, 3.63) is 0 Å². The van der Waals surface area contributed by atoms with Crippen molar-refractivity contribution in [2.75, 3.05) is 13.1 Å². The van der Waals surface area contributed by atoms with Crippen molar-refractivity contribution in [3.8, 4) is 0 Å². The smallest absolute Gasteiger partial charge is 0.243 e. The molecule has 0 aromatic carbocycles. The molecule has 1 saturated heterocycles. The Hall–Kier alpha value is -0.570. The van der Waals surface area contributed by atoms with E-state index in [1.165, 1.54) is 0 Å². The molecule has 0 aromatic rings. The zero-order valence-electron chi connectivity index (χ0n) is 11.9. The van der Waals surface area contributed by atoms with E-state index in [0.717, 1.165) is 45.2 Å². The average molecular weight is 240 g/mol. The summed E-state index contributed by atoms with van der Waals surface area (Å²) in [5.41, 5.74) is -0.256. The number of nitrogens with zero attached hydrogens (tertiary/aromatic N) is 1. The second-order valence-corrected chi connectivity index (χ2v) is 5.21. The minimum atomic E-state index is -0.256. The summed E-state index contributed by atoms with van der Waals surface area (Å²) in [6, 6.07) is 0.351. The minimum Gasteiger partial charge on any atom is -0.339 e. The molecule has 0 aromatic heterocycles. The quantitative estimate of drug-likeness (QED) is 0.774. The first-order valence-electron chi connectivity index (χ1n) is 7.17. The fourth-order valence-electron chi connectivity index (χ4n) is 2.89. The summed E-state index contributed by atoms with van der Waals surface area (Å²) in [7, 11) is 0. The molecule has 1 N–H and O–H groups in total. The highest BCUT2D eigenvalue weighted by Crippen LogP contribution is 2.28. The van der Waals surface area contributed by atoms with Crippen LogP contribution in [0.3, 0.4) is 0 Å². The summed E-state index contributed by atoms with van der Waals surface area (Å²) in [5.74, 6) is 0.328. The lowest BCUT2D eigenvalue weighted by atomic mass is 9.89. The zero-order valence-corrected chi connectivity index (χ0v) is 11.9. The van der Waals surface area contributed by atoms with Gasteiger partial charge in [-0.3, -0.25) is 4.79 Å². The van der Waals surface area contributed by atoms with Gasteiger partial charge in [0.2, 0.25) is 5.91 Å². The number of likely N-dealkylation sites (N-methyl/N-ethyl adjacent to an activating group) is 1. The highest BCUT2D eigenvalue weighted by molar-refractivity contribution is 5.87. The van der Waals surface area contributed by atoms with Gasteiger partial charge in [-0.25, -0.2) is 0 Å². The Bertz CT molecular complexity index is 247. The molecule has 1 aliphatic heterocycles. The highest BCUT2D eigenvalue weighted by atomic mass is 16.2. The molecule has 1 aliphatic rings. The van der Waals surface area contributed by atoms with Crippen molar-refractivity contribution < 1.29 is 4.79 Å². The Morgan fingerprint density at radius 1 is 1.41 bits per heavy atom. The third-order valence-corrected chi connectivity index (χ3v) is 4.05. The maximum Gasteiger partial charge on any atom is 0.243 e. The summed E-state index contributed by atoms with van der Waals surface area (Å²) in [5, 5.41) is 3.47. The van der Waals surface area contributed by atoms with Crippen LogP contribution in [0.2, 0.25) is 0 Å². The summed E-state index contributed by atoms with van der Waals surface area (Å²) < 4.78 is 0. The third kappa shape index (κ3) is 3.01. The normalized spacial score (nSPS) is 25.9. The molecule has 1 heterocycles. The fourth-order valence-corrected chi connectivity index (χ4v) is 2.89. The van der Waals surface area contributed by atoms with E-state index < -0.39 is 0 Å². The molecule has 0 spiro atoms. The number of carbonyl (C=O) groups is 1. The fraction of sp³-hybridized carbons (Fsp3) is 0.929. The number of amides is 1. The molecule has 1 rings (SSSR count). The van der Waals surface area contributed by atoms with Crippen molar-refractivity contribution in [1.82, 2.24) is 10.2 Å². The summed E-state index contributed by atoms with van der Waals surface area (Å²) in [6.07, 6.45) is 5.20. The maximum absolute atomic E-state index is 12.8. The van der Waals surface area contributed by atoms with Crippen LogP contribution in [-0.4, -0.2) is 35.5 Å². The lowest BCUT2D eigenvalue weighted by Crippen LogP contribution is -2.56. The predicted octanol–water partition coefficient (Wildman–Crippen LogP) is 2.56. The Kier molecular flexibility index (Phi) is 5.44. The number of rotatable bonds is 6. The van der Waals surface area contributed by atoms with E-state index in [1.807, 2.05) is 4.90 Å². The van der Waals surface area contributed by atoms with Gasteiger partial charge in [-0.1, -0.05) is 20.3 Å². The van der Waals surface area contributed by atoms with Crippen LogP contribution in [0.15, 0.2) is 0 Å². The minimum absolute atomic E-state index is 0.256. The van der Waals surface area contributed by atoms with Crippen molar-refractivity contribution in [1.29, 1.82) is 0 Å². The van der Waals surface area contributed by atoms with E-state index in [4.69, 9.17) is 0 Å². The molecule has 17 heavy (non-hydrogen) atoms. The average Bonchev–Trinajstić information content (AvgIpc) is 2.80. The first-order valence-corrected chi connectivity index (χ1v) is 7.17. The van der Waals surface area contributed by atoms with Gasteiger partial charge in [0.05, 0.1) is 5.54 Å². The van der Waals surface area contributed by atoms with Gasteiger partial charge in [0.1, 0.15) is 0 Å². The molecule has 0 saturated carbocycles.